The predicted octanol–water partition coefficient (Wildman–Crippen LogP) is 2.97. The van der Waals surface area contributed by atoms with E-state index >= 15 is 0 Å². The van der Waals surface area contributed by atoms with Gasteiger partial charge in [-0.05, 0) is 69.7 Å². The van der Waals surface area contributed by atoms with Crippen molar-refractivity contribution in [2.24, 2.45) is 0 Å². The molecule has 20 heavy (non-hydrogen) atoms. The van der Waals surface area contributed by atoms with Crippen LogP contribution in [0.25, 0.3) is 0 Å². The lowest BCUT2D eigenvalue weighted by atomic mass is 9.92. The summed E-state index contributed by atoms with van der Waals surface area (Å²) >= 11 is 0. The number of nitrogens with one attached hydrogen (secondary N) is 2. The number of fused-ring (bicyclic) bond motifs is 1. The van der Waals surface area contributed by atoms with Gasteiger partial charge >= 0.3 is 0 Å². The first kappa shape index (κ1) is 14.0. The lowest BCUT2D eigenvalue weighted by molar-refractivity contribution is 0.336. The van der Waals surface area contributed by atoms with Crippen LogP contribution in [0.2, 0.25) is 0 Å². The number of aryl methyl sites for hydroxylation is 1. The van der Waals surface area contributed by atoms with Crippen molar-refractivity contribution >= 4 is 0 Å². The first-order valence-corrected chi connectivity index (χ1v) is 8.34. The fourth-order valence-electron chi connectivity index (χ4n) is 3.25. The third kappa shape index (κ3) is 3.58. The number of unbranched alkanes of at least 4 members (excludes halogenated alkanes) is 1. The van der Waals surface area contributed by atoms with Crippen molar-refractivity contribution in [2.45, 2.75) is 63.5 Å². The molecule has 3 rings (SSSR count). The van der Waals surface area contributed by atoms with Crippen LogP contribution < -0.4 is 10.6 Å². The van der Waals surface area contributed by atoms with Gasteiger partial charge < -0.3 is 10.6 Å². The van der Waals surface area contributed by atoms with Crippen molar-refractivity contribution in [3.05, 3.63) is 29.6 Å². The van der Waals surface area contributed by atoms with Gasteiger partial charge in [-0.2, -0.15) is 0 Å². The Kier molecular flexibility index (Phi) is 5.04. The molecule has 0 unspecified atom stereocenters. The van der Waals surface area contributed by atoms with Crippen molar-refractivity contribution in [3.63, 3.8) is 0 Å². The van der Waals surface area contributed by atoms with E-state index in [2.05, 4.69) is 27.8 Å². The summed E-state index contributed by atoms with van der Waals surface area (Å²) in [6.07, 6.45) is 12.4. The third-order valence-electron chi connectivity index (χ3n) is 4.73. The second kappa shape index (κ2) is 7.19. The normalized spacial score (nSPS) is 22.3. The van der Waals surface area contributed by atoms with Crippen molar-refractivity contribution in [2.75, 3.05) is 13.1 Å². The highest BCUT2D eigenvalue weighted by atomic mass is 14.9. The summed E-state index contributed by atoms with van der Waals surface area (Å²) in [5.41, 5.74) is 2.74. The van der Waals surface area contributed by atoms with E-state index in [1.807, 2.05) is 6.20 Å². The molecule has 1 saturated carbocycles. The Balaban J connectivity index is 1.34. The largest absolute Gasteiger partial charge is 0.314 e. The Morgan fingerprint density at radius 3 is 2.70 bits per heavy atom. The molecule has 1 heterocycles. The van der Waals surface area contributed by atoms with Gasteiger partial charge in [-0.25, -0.2) is 0 Å². The van der Waals surface area contributed by atoms with Crippen LogP contribution in [0.3, 0.4) is 0 Å². The fraction of sp³-hybridized carbons (Fsp3) is 0.706. The number of pyridine rings is 1. The summed E-state index contributed by atoms with van der Waals surface area (Å²) < 4.78 is 0. The highest BCUT2D eigenvalue weighted by Crippen LogP contribution is 2.27. The van der Waals surface area contributed by atoms with Crippen LogP contribution in [0.5, 0.6) is 0 Å². The molecule has 0 bridgehead atoms. The van der Waals surface area contributed by atoms with E-state index in [4.69, 9.17) is 0 Å². The monoisotopic (exact) mass is 273 g/mol. The number of aromatic nitrogens is 1. The molecule has 3 heteroatoms. The molecular weight excluding hydrogens is 246 g/mol. The number of nitrogens with zero attached hydrogens (tertiary/aromatic N) is 1. The SMILES string of the molecule is c1cnc2c(c1)CCC[C@@H]2NCCCCNC1CCC1. The van der Waals surface area contributed by atoms with Crippen LogP contribution in [0.4, 0.5) is 0 Å². The molecule has 0 saturated heterocycles. The molecule has 110 valence electrons. The molecule has 0 spiro atoms. The molecular formula is C17H27N3. The highest BCUT2D eigenvalue weighted by molar-refractivity contribution is 5.25. The van der Waals surface area contributed by atoms with Crippen molar-refractivity contribution in [1.82, 2.24) is 15.6 Å². The van der Waals surface area contributed by atoms with Crippen LogP contribution in [0.15, 0.2) is 18.3 Å². The first-order chi connectivity index (χ1) is 9.93. The minimum Gasteiger partial charge on any atom is -0.314 e. The molecule has 1 aromatic rings. The van der Waals surface area contributed by atoms with Gasteiger partial charge in [0, 0.05) is 18.3 Å². The van der Waals surface area contributed by atoms with Crippen molar-refractivity contribution < 1.29 is 0 Å². The summed E-state index contributed by atoms with van der Waals surface area (Å²) in [6, 6.07) is 5.61. The van der Waals surface area contributed by atoms with E-state index in [0.29, 0.717) is 6.04 Å². The van der Waals surface area contributed by atoms with E-state index in [1.54, 1.807) is 0 Å². The van der Waals surface area contributed by atoms with Crippen LogP contribution in [-0.2, 0) is 6.42 Å². The molecule has 2 aliphatic carbocycles. The number of hydrogen-bond donors (Lipinski definition) is 2. The maximum Gasteiger partial charge on any atom is 0.0605 e. The zero-order valence-electron chi connectivity index (χ0n) is 12.4. The molecule has 2 aliphatic rings. The van der Waals surface area contributed by atoms with Crippen molar-refractivity contribution in [1.29, 1.82) is 0 Å². The molecule has 1 aromatic heterocycles. The van der Waals surface area contributed by atoms with E-state index in [1.165, 1.54) is 69.2 Å². The van der Waals surface area contributed by atoms with Crippen LogP contribution >= 0.6 is 0 Å². The van der Waals surface area contributed by atoms with Gasteiger partial charge in [-0.15, -0.1) is 0 Å². The van der Waals surface area contributed by atoms with E-state index < -0.39 is 0 Å². The Bertz CT molecular complexity index is 414. The van der Waals surface area contributed by atoms with Crippen LogP contribution in [0, 0.1) is 0 Å². The molecule has 0 aromatic carbocycles. The van der Waals surface area contributed by atoms with Gasteiger partial charge in [0.15, 0.2) is 0 Å². The van der Waals surface area contributed by atoms with Gasteiger partial charge in [0.05, 0.1) is 5.69 Å². The van der Waals surface area contributed by atoms with Gasteiger partial charge in [-0.3, -0.25) is 4.98 Å². The molecule has 0 radical (unpaired) electrons. The van der Waals surface area contributed by atoms with Crippen LogP contribution in [-0.4, -0.2) is 24.1 Å². The summed E-state index contributed by atoms with van der Waals surface area (Å²) in [5.74, 6) is 0. The maximum absolute atomic E-state index is 4.58. The van der Waals surface area contributed by atoms with Crippen LogP contribution in [0.1, 0.15) is 62.2 Å². The first-order valence-electron chi connectivity index (χ1n) is 8.34. The fourth-order valence-corrected chi connectivity index (χ4v) is 3.25. The molecule has 1 fully saturated rings. The summed E-state index contributed by atoms with van der Waals surface area (Å²) in [6.45, 7) is 2.30. The Morgan fingerprint density at radius 2 is 1.90 bits per heavy atom. The molecule has 3 nitrogen and oxygen atoms in total. The average molecular weight is 273 g/mol. The summed E-state index contributed by atoms with van der Waals surface area (Å²) in [7, 11) is 0. The Hall–Kier alpha value is -0.930. The quantitative estimate of drug-likeness (QED) is 0.750. The minimum absolute atomic E-state index is 0.486. The third-order valence-corrected chi connectivity index (χ3v) is 4.73. The second-order valence-corrected chi connectivity index (χ2v) is 6.24. The topological polar surface area (TPSA) is 37.0 Å². The minimum atomic E-state index is 0.486. The highest BCUT2D eigenvalue weighted by Gasteiger charge is 2.20. The second-order valence-electron chi connectivity index (χ2n) is 6.24. The molecule has 1 atom stereocenters. The summed E-state index contributed by atoms with van der Waals surface area (Å²) in [5, 5.41) is 7.34. The van der Waals surface area contributed by atoms with Gasteiger partial charge in [0.25, 0.3) is 0 Å². The average Bonchev–Trinajstić information content (AvgIpc) is 2.44. The Morgan fingerprint density at radius 1 is 1.05 bits per heavy atom. The zero-order valence-corrected chi connectivity index (χ0v) is 12.4. The lowest BCUT2D eigenvalue weighted by Crippen LogP contribution is -2.36. The molecule has 0 aliphatic heterocycles. The standard InChI is InChI=1S/C17H27N3/c1(11-18-15-8-4-9-15)2-12-19-16-10-3-6-14-7-5-13-20-17(14)16/h5,7,13,15-16,18-19H,1-4,6,8-12H2/t16-/m0/s1. The van der Waals surface area contributed by atoms with E-state index in [0.717, 1.165) is 12.6 Å². The lowest BCUT2D eigenvalue weighted by Gasteiger charge is -2.27. The smallest absolute Gasteiger partial charge is 0.0605 e. The Labute approximate surface area is 122 Å². The predicted molar refractivity (Wildman–Crippen MR) is 82.8 cm³/mol. The summed E-state index contributed by atoms with van der Waals surface area (Å²) in [4.78, 5) is 4.58. The van der Waals surface area contributed by atoms with E-state index in [-0.39, 0.29) is 0 Å². The number of hydrogen-bond acceptors (Lipinski definition) is 3. The molecule has 0 amide bonds. The van der Waals surface area contributed by atoms with Crippen molar-refractivity contribution in [3.8, 4) is 0 Å². The van der Waals surface area contributed by atoms with E-state index in [9.17, 15) is 0 Å². The molecule has 2 N–H and O–H groups in total. The van der Waals surface area contributed by atoms with Gasteiger partial charge in [0.1, 0.15) is 0 Å². The maximum atomic E-state index is 4.58. The van der Waals surface area contributed by atoms with Gasteiger partial charge in [-0.1, -0.05) is 12.5 Å². The van der Waals surface area contributed by atoms with Gasteiger partial charge in [0.2, 0.25) is 0 Å². The number of rotatable bonds is 7. The zero-order chi connectivity index (χ0) is 13.6.